The van der Waals surface area contributed by atoms with Gasteiger partial charge < -0.3 is 9.84 Å². The summed E-state index contributed by atoms with van der Waals surface area (Å²) < 4.78 is 6.77. The average molecular weight is 416 g/mol. The van der Waals surface area contributed by atoms with Gasteiger partial charge in [-0.05, 0) is 87.5 Å². The maximum absolute atomic E-state index is 13.4. The molecule has 4 heteroatoms. The fourth-order valence-corrected chi connectivity index (χ4v) is 9.80. The van der Waals surface area contributed by atoms with Gasteiger partial charge in [0.2, 0.25) is 0 Å². The molecule has 6 unspecified atom stereocenters. The van der Waals surface area contributed by atoms with E-state index in [-0.39, 0.29) is 34.6 Å². The molecule has 4 nitrogen and oxygen atoms in total. The van der Waals surface area contributed by atoms with Crippen LogP contribution >= 0.6 is 0 Å². The van der Waals surface area contributed by atoms with Crippen molar-refractivity contribution >= 4 is 5.78 Å². The van der Waals surface area contributed by atoms with Gasteiger partial charge in [-0.25, -0.2) is 0 Å². The van der Waals surface area contributed by atoms with E-state index in [1.807, 2.05) is 6.92 Å². The molecule has 4 saturated carbocycles. The minimum Gasteiger partial charge on any atom is -0.393 e. The lowest BCUT2D eigenvalue weighted by atomic mass is 9.48. The van der Waals surface area contributed by atoms with Crippen molar-refractivity contribution in [1.82, 2.24) is 4.90 Å². The van der Waals surface area contributed by atoms with E-state index >= 15 is 0 Å². The second kappa shape index (κ2) is 6.32. The smallest absolute Gasteiger partial charge is 0.162 e. The number of hydrogen-bond donors (Lipinski definition) is 1. The first-order chi connectivity index (χ1) is 14.2. The highest BCUT2D eigenvalue weighted by Crippen LogP contribution is 2.84. The first-order valence-electron chi connectivity index (χ1n) is 12.9. The standard InChI is InChI=1S/C26H41NO3/c1-15(28)5-8-18-13-20-19-9-10-21(29)23-25(24(19,3)4,26(18)16(2)22(26)30-23)11-12-27(20)14-17-6-7-17/h15-20,22-23,28H,5-14H2,1-4H3/t15-,16?,18?,19?,20-,22?,23?,25+,26?/m1/s1. The predicted octanol–water partition coefficient (Wildman–Crippen LogP) is 4.05. The number of Topliss-reactive ketones (excluding diaryl/α,β-unsaturated/α-hetero) is 1. The van der Waals surface area contributed by atoms with Gasteiger partial charge in [-0.15, -0.1) is 0 Å². The van der Waals surface area contributed by atoms with Crippen LogP contribution in [0.1, 0.15) is 79.1 Å². The van der Waals surface area contributed by atoms with Crippen molar-refractivity contribution in [3.05, 3.63) is 0 Å². The molecular weight excluding hydrogens is 374 g/mol. The average Bonchev–Trinajstić information content (AvgIpc) is 3.57. The topological polar surface area (TPSA) is 49.8 Å². The molecule has 6 aliphatic rings. The molecule has 3 bridgehead atoms. The summed E-state index contributed by atoms with van der Waals surface area (Å²) in [5, 5.41) is 10.1. The molecule has 2 aliphatic heterocycles. The van der Waals surface area contributed by atoms with E-state index in [1.165, 1.54) is 25.8 Å². The summed E-state index contributed by atoms with van der Waals surface area (Å²) in [6.07, 6.45) is 8.73. The Morgan fingerprint density at radius 2 is 2.03 bits per heavy atom. The molecule has 2 spiro atoms. The molecular formula is C26H41NO3. The van der Waals surface area contributed by atoms with E-state index in [0.717, 1.165) is 38.1 Å². The molecule has 6 rings (SSSR count). The zero-order valence-corrected chi connectivity index (χ0v) is 19.4. The summed E-state index contributed by atoms with van der Waals surface area (Å²) in [5.74, 6) is 3.00. The maximum Gasteiger partial charge on any atom is 0.162 e. The Kier molecular flexibility index (Phi) is 4.25. The number of rotatable bonds is 5. The zero-order valence-electron chi connectivity index (χ0n) is 19.4. The Bertz CT molecular complexity index is 745. The second-order valence-electron chi connectivity index (χ2n) is 12.6. The van der Waals surface area contributed by atoms with Gasteiger partial charge in [0.1, 0.15) is 6.10 Å². The lowest BCUT2D eigenvalue weighted by Crippen LogP contribution is -2.56. The van der Waals surface area contributed by atoms with Gasteiger partial charge in [0.25, 0.3) is 0 Å². The van der Waals surface area contributed by atoms with Crippen molar-refractivity contribution in [1.29, 1.82) is 0 Å². The van der Waals surface area contributed by atoms with Gasteiger partial charge in [-0.3, -0.25) is 9.69 Å². The summed E-state index contributed by atoms with van der Waals surface area (Å²) in [4.78, 5) is 16.3. The molecule has 0 aromatic heterocycles. The van der Waals surface area contributed by atoms with Crippen LogP contribution in [0, 0.1) is 39.9 Å². The van der Waals surface area contributed by atoms with Crippen LogP contribution in [-0.4, -0.2) is 53.2 Å². The number of aliphatic hydroxyl groups excluding tert-OH is 1. The lowest BCUT2D eigenvalue weighted by molar-refractivity contribution is -0.149. The molecule has 6 fully saturated rings. The summed E-state index contributed by atoms with van der Waals surface area (Å²) in [7, 11) is 0. The maximum atomic E-state index is 13.4. The largest absolute Gasteiger partial charge is 0.393 e. The molecule has 1 N–H and O–H groups in total. The highest BCUT2D eigenvalue weighted by Gasteiger charge is 2.87. The number of likely N-dealkylation sites (tertiary alicyclic amines) is 1. The molecule has 0 radical (unpaired) electrons. The van der Waals surface area contributed by atoms with Crippen LogP contribution in [0.3, 0.4) is 0 Å². The van der Waals surface area contributed by atoms with Gasteiger partial charge in [-0.1, -0.05) is 20.8 Å². The second-order valence-corrected chi connectivity index (χ2v) is 12.6. The number of ketones is 1. The van der Waals surface area contributed by atoms with Crippen LogP contribution in [0.25, 0.3) is 0 Å². The molecule has 30 heavy (non-hydrogen) atoms. The van der Waals surface area contributed by atoms with E-state index < -0.39 is 0 Å². The molecule has 0 aromatic rings. The van der Waals surface area contributed by atoms with Crippen molar-refractivity contribution in [2.75, 3.05) is 13.1 Å². The van der Waals surface area contributed by atoms with Gasteiger partial charge in [0.05, 0.1) is 12.2 Å². The fraction of sp³-hybridized carbons (Fsp3) is 0.962. The van der Waals surface area contributed by atoms with Gasteiger partial charge in [0.15, 0.2) is 5.78 Å². The molecule has 0 aromatic carbocycles. The Labute approximate surface area is 182 Å². The quantitative estimate of drug-likeness (QED) is 0.736. The molecule has 9 atom stereocenters. The Morgan fingerprint density at radius 3 is 2.73 bits per heavy atom. The van der Waals surface area contributed by atoms with Crippen LogP contribution in [-0.2, 0) is 9.53 Å². The van der Waals surface area contributed by atoms with Gasteiger partial charge in [0, 0.05) is 29.8 Å². The Balaban J connectivity index is 1.51. The summed E-state index contributed by atoms with van der Waals surface area (Å²) in [6.45, 7) is 11.8. The van der Waals surface area contributed by atoms with Crippen molar-refractivity contribution in [2.24, 2.45) is 39.9 Å². The first-order valence-corrected chi connectivity index (χ1v) is 12.9. The number of carbonyl (C=O) groups excluding carboxylic acids is 1. The number of aliphatic hydroxyl groups is 1. The fourth-order valence-electron chi connectivity index (χ4n) is 9.80. The van der Waals surface area contributed by atoms with Crippen LogP contribution in [0.15, 0.2) is 0 Å². The number of nitrogens with zero attached hydrogens (tertiary/aromatic N) is 1. The lowest BCUT2D eigenvalue weighted by Gasteiger charge is -2.54. The van der Waals surface area contributed by atoms with Gasteiger partial charge >= 0.3 is 0 Å². The van der Waals surface area contributed by atoms with E-state index in [9.17, 15) is 9.90 Å². The van der Waals surface area contributed by atoms with E-state index in [2.05, 4.69) is 25.7 Å². The molecule has 2 heterocycles. The minimum atomic E-state index is -0.244. The van der Waals surface area contributed by atoms with Crippen molar-refractivity contribution in [2.45, 2.75) is 103 Å². The number of carbonyl (C=O) groups is 1. The number of hydrogen-bond acceptors (Lipinski definition) is 4. The van der Waals surface area contributed by atoms with Crippen molar-refractivity contribution in [3.63, 3.8) is 0 Å². The van der Waals surface area contributed by atoms with E-state index in [0.29, 0.717) is 36.0 Å². The van der Waals surface area contributed by atoms with Crippen molar-refractivity contribution in [3.8, 4) is 0 Å². The summed E-state index contributed by atoms with van der Waals surface area (Å²) >= 11 is 0. The molecule has 168 valence electrons. The third-order valence-corrected chi connectivity index (χ3v) is 11.2. The molecule has 2 saturated heterocycles. The number of ether oxygens (including phenoxy) is 1. The van der Waals surface area contributed by atoms with Crippen LogP contribution in [0.4, 0.5) is 0 Å². The summed E-state index contributed by atoms with van der Waals surface area (Å²) in [6, 6.07) is 0.596. The van der Waals surface area contributed by atoms with Crippen LogP contribution < -0.4 is 0 Å². The Morgan fingerprint density at radius 1 is 1.27 bits per heavy atom. The summed E-state index contributed by atoms with van der Waals surface area (Å²) in [5.41, 5.74) is 0.235. The minimum absolute atomic E-state index is 0.0290. The van der Waals surface area contributed by atoms with Gasteiger partial charge in [-0.2, -0.15) is 0 Å². The van der Waals surface area contributed by atoms with E-state index in [4.69, 9.17) is 4.74 Å². The molecule has 4 aliphatic carbocycles. The third-order valence-electron chi connectivity index (χ3n) is 11.2. The highest BCUT2D eigenvalue weighted by atomic mass is 16.5. The van der Waals surface area contributed by atoms with Crippen LogP contribution in [0.5, 0.6) is 0 Å². The molecule has 0 amide bonds. The van der Waals surface area contributed by atoms with Crippen LogP contribution in [0.2, 0.25) is 0 Å². The highest BCUT2D eigenvalue weighted by molar-refractivity contribution is 5.86. The monoisotopic (exact) mass is 415 g/mol. The predicted molar refractivity (Wildman–Crippen MR) is 116 cm³/mol. The zero-order chi connectivity index (χ0) is 21.1. The van der Waals surface area contributed by atoms with E-state index in [1.54, 1.807) is 0 Å². The first kappa shape index (κ1) is 20.2. The Hall–Kier alpha value is -0.450. The third kappa shape index (κ3) is 2.27. The normalized spacial score (nSPS) is 52.4. The SMILES string of the molecule is CC1C2OC3C(=O)CCC4[C@H]5CC(CC[C@@H](C)O)C12[C@]3(CCN5CC1CC1)C4(C)C. The van der Waals surface area contributed by atoms with Crippen molar-refractivity contribution < 1.29 is 14.6 Å².